The first-order chi connectivity index (χ1) is 13.9. The molecular formula is C22H31NO6. The molecule has 0 spiro atoms. The van der Waals surface area contributed by atoms with Crippen LogP contribution in [-0.4, -0.2) is 47.3 Å². The van der Waals surface area contributed by atoms with E-state index in [0.29, 0.717) is 25.7 Å². The number of esters is 1. The lowest BCUT2D eigenvalue weighted by molar-refractivity contribution is -0.156. The van der Waals surface area contributed by atoms with Crippen LogP contribution in [0.4, 0.5) is 0 Å². The summed E-state index contributed by atoms with van der Waals surface area (Å²) in [5.41, 5.74) is 0.135. The molecule has 1 amide bonds. The summed E-state index contributed by atoms with van der Waals surface area (Å²) in [6.45, 7) is 1.48. The average Bonchev–Trinajstić information content (AvgIpc) is 3.20. The summed E-state index contributed by atoms with van der Waals surface area (Å²) in [5.74, 6) is -2.97. The number of amides is 1. The van der Waals surface area contributed by atoms with Crippen LogP contribution in [-0.2, 0) is 25.5 Å². The van der Waals surface area contributed by atoms with E-state index in [4.69, 9.17) is 4.74 Å². The molecule has 3 N–H and O–H groups in total. The normalized spacial score (nSPS) is 17.3. The summed E-state index contributed by atoms with van der Waals surface area (Å²) < 4.78 is 4.73. The van der Waals surface area contributed by atoms with E-state index in [0.717, 1.165) is 24.8 Å². The maximum Gasteiger partial charge on any atom is 0.336 e. The molecule has 2 rings (SSSR count). The Morgan fingerprint density at radius 2 is 1.83 bits per heavy atom. The minimum atomic E-state index is -1.46. The number of benzene rings is 1. The molecule has 1 fully saturated rings. The maximum atomic E-state index is 13.0. The first-order valence-electron chi connectivity index (χ1n) is 10.3. The van der Waals surface area contributed by atoms with E-state index in [1.807, 2.05) is 30.3 Å². The Hall–Kier alpha value is -2.41. The minimum Gasteiger partial charge on any atom is -0.481 e. The SMILES string of the molecule is CCOC(=O)[C@@H](O)CNC(=O)C1([C@H](CCCc2ccccc2)C(=O)O)CCCC1. The lowest BCUT2D eigenvalue weighted by atomic mass is 9.70. The molecule has 0 heterocycles. The number of carboxylic acid groups (broad SMARTS) is 1. The van der Waals surface area contributed by atoms with E-state index in [9.17, 15) is 24.6 Å². The number of ether oxygens (including phenoxy) is 1. The predicted molar refractivity (Wildman–Crippen MR) is 107 cm³/mol. The van der Waals surface area contributed by atoms with Crippen LogP contribution in [0.2, 0.25) is 0 Å². The highest BCUT2D eigenvalue weighted by Crippen LogP contribution is 2.46. The molecule has 7 nitrogen and oxygen atoms in total. The van der Waals surface area contributed by atoms with Gasteiger partial charge in [0, 0.05) is 0 Å². The molecule has 160 valence electrons. The number of aliphatic hydroxyl groups is 1. The molecule has 1 aromatic carbocycles. The largest absolute Gasteiger partial charge is 0.481 e. The van der Waals surface area contributed by atoms with Crippen LogP contribution in [0.5, 0.6) is 0 Å². The fourth-order valence-electron chi connectivity index (χ4n) is 4.22. The summed E-state index contributed by atoms with van der Waals surface area (Å²) in [6, 6.07) is 9.84. The molecule has 2 atom stereocenters. The number of aliphatic hydroxyl groups excluding tert-OH is 1. The molecule has 1 aliphatic carbocycles. The zero-order valence-corrected chi connectivity index (χ0v) is 16.9. The van der Waals surface area contributed by atoms with Crippen LogP contribution in [0.25, 0.3) is 0 Å². The number of aliphatic carboxylic acids is 1. The van der Waals surface area contributed by atoms with Gasteiger partial charge in [-0.1, -0.05) is 43.2 Å². The lowest BCUT2D eigenvalue weighted by Gasteiger charge is -2.34. The zero-order chi connectivity index (χ0) is 21.3. The second kappa shape index (κ2) is 11.0. The number of carbonyl (C=O) groups is 3. The summed E-state index contributed by atoms with van der Waals surface area (Å²) >= 11 is 0. The topological polar surface area (TPSA) is 113 Å². The number of aryl methyl sites for hydroxylation is 1. The average molecular weight is 405 g/mol. The van der Waals surface area contributed by atoms with Gasteiger partial charge in [-0.3, -0.25) is 9.59 Å². The van der Waals surface area contributed by atoms with E-state index in [1.54, 1.807) is 6.92 Å². The number of hydrogen-bond donors (Lipinski definition) is 3. The molecule has 0 radical (unpaired) electrons. The van der Waals surface area contributed by atoms with Crippen LogP contribution < -0.4 is 5.32 Å². The molecule has 1 aliphatic rings. The van der Waals surface area contributed by atoms with Gasteiger partial charge in [0.25, 0.3) is 0 Å². The summed E-state index contributed by atoms with van der Waals surface area (Å²) in [5, 5.41) is 22.3. The third-order valence-electron chi connectivity index (χ3n) is 5.73. The van der Waals surface area contributed by atoms with Crippen molar-refractivity contribution in [2.45, 2.75) is 58.0 Å². The molecule has 1 saturated carbocycles. The molecule has 0 aliphatic heterocycles. The quantitative estimate of drug-likeness (QED) is 0.487. The number of carboxylic acids is 1. The monoisotopic (exact) mass is 405 g/mol. The van der Waals surface area contributed by atoms with Gasteiger partial charge in [-0.2, -0.15) is 0 Å². The lowest BCUT2D eigenvalue weighted by Crippen LogP contribution is -2.49. The van der Waals surface area contributed by atoms with Crippen LogP contribution in [0.1, 0.15) is 51.0 Å². The number of hydrogen-bond acceptors (Lipinski definition) is 5. The summed E-state index contributed by atoms with van der Waals surface area (Å²) in [4.78, 5) is 36.6. The van der Waals surface area contributed by atoms with Crippen LogP contribution >= 0.6 is 0 Å². The first-order valence-corrected chi connectivity index (χ1v) is 10.3. The standard InChI is InChI=1S/C22H31NO6/c1-2-29-20(27)18(24)15-23-21(28)22(13-6-7-14-22)17(19(25)26)12-8-11-16-9-4-3-5-10-16/h3-5,9-10,17-18,24H,2,6-8,11-15H2,1H3,(H,23,28)(H,25,26)/t17-,18+/m1/s1. The van der Waals surface area contributed by atoms with Crippen molar-refractivity contribution >= 4 is 17.8 Å². The highest BCUT2D eigenvalue weighted by molar-refractivity contribution is 5.89. The fourth-order valence-corrected chi connectivity index (χ4v) is 4.22. The Balaban J connectivity index is 2.03. The predicted octanol–water partition coefficient (Wildman–Crippen LogP) is 2.31. The van der Waals surface area contributed by atoms with Crippen molar-refractivity contribution in [3.8, 4) is 0 Å². The van der Waals surface area contributed by atoms with Crippen molar-refractivity contribution in [2.24, 2.45) is 11.3 Å². The molecule has 29 heavy (non-hydrogen) atoms. The third-order valence-corrected chi connectivity index (χ3v) is 5.73. The van der Waals surface area contributed by atoms with Crippen molar-refractivity contribution < 1.29 is 29.3 Å². The summed E-state index contributed by atoms with van der Waals surface area (Å²) in [7, 11) is 0. The first kappa shape index (κ1) is 22.9. The van der Waals surface area contributed by atoms with Gasteiger partial charge in [0.1, 0.15) is 0 Å². The van der Waals surface area contributed by atoms with Gasteiger partial charge >= 0.3 is 11.9 Å². The van der Waals surface area contributed by atoms with Crippen molar-refractivity contribution in [3.05, 3.63) is 35.9 Å². The smallest absolute Gasteiger partial charge is 0.336 e. The molecule has 7 heteroatoms. The van der Waals surface area contributed by atoms with Gasteiger partial charge in [0.15, 0.2) is 6.10 Å². The van der Waals surface area contributed by atoms with Gasteiger partial charge in [-0.25, -0.2) is 4.79 Å². The molecule has 0 bridgehead atoms. The third kappa shape index (κ3) is 6.03. The number of nitrogens with one attached hydrogen (secondary N) is 1. The number of rotatable bonds is 11. The van der Waals surface area contributed by atoms with Crippen molar-refractivity contribution in [3.63, 3.8) is 0 Å². The Morgan fingerprint density at radius 3 is 2.41 bits per heavy atom. The van der Waals surface area contributed by atoms with Crippen LogP contribution in [0.15, 0.2) is 30.3 Å². The van der Waals surface area contributed by atoms with Crippen molar-refractivity contribution in [1.29, 1.82) is 0 Å². The van der Waals surface area contributed by atoms with E-state index >= 15 is 0 Å². The maximum absolute atomic E-state index is 13.0. The van der Waals surface area contributed by atoms with Gasteiger partial charge in [0.05, 0.1) is 24.5 Å². The Kier molecular flexibility index (Phi) is 8.64. The van der Waals surface area contributed by atoms with Gasteiger partial charge in [-0.15, -0.1) is 0 Å². The van der Waals surface area contributed by atoms with E-state index in [1.165, 1.54) is 0 Å². The highest BCUT2D eigenvalue weighted by Gasteiger charge is 2.50. The van der Waals surface area contributed by atoms with Gasteiger partial charge in [-0.05, 0) is 44.6 Å². The van der Waals surface area contributed by atoms with Crippen molar-refractivity contribution in [1.82, 2.24) is 5.32 Å². The molecule has 0 saturated heterocycles. The second-order valence-corrected chi connectivity index (χ2v) is 7.61. The molecular weight excluding hydrogens is 374 g/mol. The van der Waals surface area contributed by atoms with Crippen LogP contribution in [0, 0.1) is 11.3 Å². The Labute approximate surface area is 171 Å². The molecule has 0 aromatic heterocycles. The second-order valence-electron chi connectivity index (χ2n) is 7.61. The number of carbonyl (C=O) groups excluding carboxylic acids is 2. The fraction of sp³-hybridized carbons (Fsp3) is 0.591. The highest BCUT2D eigenvalue weighted by atomic mass is 16.5. The van der Waals surface area contributed by atoms with Crippen molar-refractivity contribution in [2.75, 3.05) is 13.2 Å². The van der Waals surface area contributed by atoms with E-state index < -0.39 is 35.3 Å². The van der Waals surface area contributed by atoms with Crippen LogP contribution in [0.3, 0.4) is 0 Å². The summed E-state index contributed by atoms with van der Waals surface area (Å²) in [6.07, 6.45) is 2.93. The molecule has 0 unspecified atom stereocenters. The van der Waals surface area contributed by atoms with Gasteiger partial charge < -0.3 is 20.3 Å². The Morgan fingerprint density at radius 1 is 1.17 bits per heavy atom. The zero-order valence-electron chi connectivity index (χ0n) is 16.9. The van der Waals surface area contributed by atoms with E-state index in [-0.39, 0.29) is 13.2 Å². The Bertz CT molecular complexity index is 684. The minimum absolute atomic E-state index is 0.135. The molecule has 1 aromatic rings. The van der Waals surface area contributed by atoms with E-state index in [2.05, 4.69) is 5.32 Å². The van der Waals surface area contributed by atoms with Gasteiger partial charge in [0.2, 0.25) is 5.91 Å².